The van der Waals surface area contributed by atoms with E-state index in [1.807, 2.05) is 30.3 Å². The molecule has 124 valence electrons. The van der Waals surface area contributed by atoms with Crippen molar-refractivity contribution in [2.24, 2.45) is 0 Å². The Morgan fingerprint density at radius 3 is 2.60 bits per heavy atom. The third-order valence-electron chi connectivity index (χ3n) is 5.37. The molecule has 1 amide bonds. The molecule has 1 saturated heterocycles. The molecule has 5 rings (SSSR count). The predicted octanol–water partition coefficient (Wildman–Crippen LogP) is 3.24. The van der Waals surface area contributed by atoms with E-state index in [4.69, 9.17) is 12.2 Å². The van der Waals surface area contributed by atoms with Crippen molar-refractivity contribution in [2.45, 2.75) is 18.5 Å². The van der Waals surface area contributed by atoms with Crippen LogP contribution < -0.4 is 0 Å². The Kier molecular flexibility index (Phi) is 3.03. The molecule has 1 N–H and O–H groups in total. The average Bonchev–Trinajstić information content (AvgIpc) is 3.12. The highest BCUT2D eigenvalue weighted by Crippen LogP contribution is 2.43. The predicted molar refractivity (Wildman–Crippen MR) is 101 cm³/mol. The van der Waals surface area contributed by atoms with Crippen molar-refractivity contribution in [3.05, 3.63) is 71.4 Å². The number of thiocarbonyl (C=S) groups is 1. The van der Waals surface area contributed by atoms with Crippen LogP contribution >= 0.6 is 12.2 Å². The summed E-state index contributed by atoms with van der Waals surface area (Å²) in [5, 5.41) is 1.81. The molecule has 2 unspecified atom stereocenters. The largest absolute Gasteiger partial charge is 0.356 e. The molecule has 0 saturated carbocycles. The summed E-state index contributed by atoms with van der Waals surface area (Å²) in [6.45, 7) is 0. The third kappa shape index (κ3) is 1.93. The molecule has 2 aromatic carbocycles. The Morgan fingerprint density at radius 2 is 1.80 bits per heavy atom. The second-order valence-corrected chi connectivity index (χ2v) is 7.05. The number of nitrogens with one attached hydrogen (secondary N) is 1. The number of amides is 1. The first-order valence-corrected chi connectivity index (χ1v) is 8.82. The molecule has 0 bridgehead atoms. The van der Waals surface area contributed by atoms with Crippen LogP contribution in [0, 0.1) is 0 Å². The minimum absolute atomic E-state index is 0.0660. The molecule has 3 aromatic rings. The molecule has 25 heavy (non-hydrogen) atoms. The fourth-order valence-corrected chi connectivity index (χ4v) is 4.51. The van der Waals surface area contributed by atoms with Crippen molar-refractivity contribution in [1.82, 2.24) is 14.8 Å². The van der Waals surface area contributed by atoms with E-state index in [2.05, 4.69) is 34.1 Å². The molecule has 2 aliphatic rings. The zero-order chi connectivity index (χ0) is 17.1. The van der Waals surface area contributed by atoms with Crippen LogP contribution in [0.25, 0.3) is 10.9 Å². The van der Waals surface area contributed by atoms with Gasteiger partial charge in [0.1, 0.15) is 6.04 Å². The molecule has 0 aliphatic carbocycles. The highest BCUT2D eigenvalue weighted by Gasteiger charge is 2.49. The smallest absolute Gasteiger partial charge is 0.251 e. The quantitative estimate of drug-likeness (QED) is 0.687. The number of carbonyl (C=O) groups is 1. The van der Waals surface area contributed by atoms with Crippen LogP contribution in [0.1, 0.15) is 22.9 Å². The van der Waals surface area contributed by atoms with Crippen LogP contribution in [-0.4, -0.2) is 38.9 Å². The highest BCUT2D eigenvalue weighted by atomic mass is 32.1. The van der Waals surface area contributed by atoms with E-state index in [-0.39, 0.29) is 18.0 Å². The number of carbonyl (C=O) groups excluding carboxylic acids is 1. The van der Waals surface area contributed by atoms with Gasteiger partial charge in [-0.1, -0.05) is 48.5 Å². The van der Waals surface area contributed by atoms with Gasteiger partial charge in [-0.15, -0.1) is 0 Å². The third-order valence-corrected chi connectivity index (χ3v) is 5.85. The minimum Gasteiger partial charge on any atom is -0.356 e. The maximum Gasteiger partial charge on any atom is 0.251 e. The van der Waals surface area contributed by atoms with E-state index in [0.717, 1.165) is 16.8 Å². The summed E-state index contributed by atoms with van der Waals surface area (Å²) < 4.78 is 0. The van der Waals surface area contributed by atoms with E-state index in [9.17, 15) is 4.79 Å². The number of para-hydroxylation sites is 1. The Hall–Kier alpha value is -2.66. The van der Waals surface area contributed by atoms with E-state index < -0.39 is 0 Å². The Balaban J connectivity index is 1.79. The van der Waals surface area contributed by atoms with Gasteiger partial charge in [-0.05, 0) is 29.4 Å². The van der Waals surface area contributed by atoms with Gasteiger partial charge in [-0.25, -0.2) is 0 Å². The minimum atomic E-state index is -0.227. The van der Waals surface area contributed by atoms with Crippen molar-refractivity contribution in [3.63, 3.8) is 0 Å². The molecule has 1 aromatic heterocycles. The van der Waals surface area contributed by atoms with Gasteiger partial charge in [0.15, 0.2) is 5.11 Å². The maximum absolute atomic E-state index is 12.8. The maximum atomic E-state index is 12.8. The van der Waals surface area contributed by atoms with Gasteiger partial charge in [0.05, 0.1) is 6.04 Å². The van der Waals surface area contributed by atoms with Gasteiger partial charge in [0.2, 0.25) is 0 Å². The fourth-order valence-electron chi connectivity index (χ4n) is 4.19. The summed E-state index contributed by atoms with van der Waals surface area (Å²) in [5.41, 5.74) is 4.64. The number of H-pyrrole nitrogens is 1. The van der Waals surface area contributed by atoms with Gasteiger partial charge >= 0.3 is 0 Å². The fraction of sp³-hybridized carbons (Fsp3) is 0.200. The summed E-state index contributed by atoms with van der Waals surface area (Å²) in [5.74, 6) is 0.0851. The van der Waals surface area contributed by atoms with Gasteiger partial charge in [0.25, 0.3) is 5.91 Å². The lowest BCUT2D eigenvalue weighted by molar-refractivity contribution is -0.127. The summed E-state index contributed by atoms with van der Waals surface area (Å²) in [4.78, 5) is 20.1. The molecule has 2 atom stereocenters. The van der Waals surface area contributed by atoms with Crippen molar-refractivity contribution >= 4 is 34.1 Å². The highest BCUT2D eigenvalue weighted by molar-refractivity contribution is 7.80. The van der Waals surface area contributed by atoms with Crippen LogP contribution in [0.3, 0.4) is 0 Å². The number of nitrogens with zero attached hydrogens (tertiary/aromatic N) is 2. The van der Waals surface area contributed by atoms with Crippen LogP contribution in [0.5, 0.6) is 0 Å². The van der Waals surface area contributed by atoms with Gasteiger partial charge in [0, 0.05) is 30.1 Å². The first-order valence-electron chi connectivity index (χ1n) is 8.41. The second kappa shape index (κ2) is 5.17. The number of rotatable bonds is 1. The normalized spacial score (nSPS) is 22.4. The van der Waals surface area contributed by atoms with Crippen molar-refractivity contribution in [3.8, 4) is 0 Å². The molecule has 0 radical (unpaired) electrons. The van der Waals surface area contributed by atoms with Gasteiger partial charge < -0.3 is 9.88 Å². The lowest BCUT2D eigenvalue weighted by atomic mass is 9.89. The number of aromatic nitrogens is 1. The Morgan fingerprint density at radius 1 is 1.08 bits per heavy atom. The Bertz CT molecular complexity index is 1010. The zero-order valence-electron chi connectivity index (χ0n) is 13.8. The van der Waals surface area contributed by atoms with Crippen molar-refractivity contribution < 1.29 is 4.79 Å². The summed E-state index contributed by atoms with van der Waals surface area (Å²) in [7, 11) is 1.78. The lowest BCUT2D eigenvalue weighted by Gasteiger charge is -2.37. The summed E-state index contributed by atoms with van der Waals surface area (Å²) >= 11 is 5.62. The van der Waals surface area contributed by atoms with E-state index >= 15 is 0 Å². The van der Waals surface area contributed by atoms with Crippen LogP contribution in [0.15, 0.2) is 54.6 Å². The van der Waals surface area contributed by atoms with E-state index in [0.29, 0.717) is 11.5 Å². The summed E-state index contributed by atoms with van der Waals surface area (Å²) in [6, 6.07) is 18.3. The molecule has 4 nitrogen and oxygen atoms in total. The molecule has 0 spiro atoms. The first-order chi connectivity index (χ1) is 12.2. The number of fused-ring (bicyclic) bond motifs is 4. The molecule has 5 heteroatoms. The zero-order valence-corrected chi connectivity index (χ0v) is 14.6. The number of benzene rings is 2. The molecular weight excluding hydrogens is 330 g/mol. The second-order valence-electron chi connectivity index (χ2n) is 6.68. The standard InChI is InChI=1S/C20H17N3OS/c1-22-19(24)16-11-14-13-9-5-6-10-15(13)21-17(14)18(23(16)20(22)25)12-7-3-2-4-8-12/h2-10,16,18,21H,11H2,1H3. The van der Waals surface area contributed by atoms with Gasteiger partial charge in [-0.3, -0.25) is 9.69 Å². The van der Waals surface area contributed by atoms with E-state index in [1.165, 1.54) is 10.9 Å². The van der Waals surface area contributed by atoms with Crippen molar-refractivity contribution in [1.29, 1.82) is 0 Å². The number of hydrogen-bond acceptors (Lipinski definition) is 2. The topological polar surface area (TPSA) is 39.3 Å². The SMILES string of the molecule is CN1C(=O)C2Cc3c([nH]c4ccccc34)C(c3ccccc3)N2C1=S. The van der Waals surface area contributed by atoms with Crippen LogP contribution in [-0.2, 0) is 11.2 Å². The Labute approximate surface area is 151 Å². The van der Waals surface area contributed by atoms with Crippen LogP contribution in [0.2, 0.25) is 0 Å². The molecule has 1 fully saturated rings. The van der Waals surface area contributed by atoms with E-state index in [1.54, 1.807) is 11.9 Å². The molecular formula is C20H17N3OS. The monoisotopic (exact) mass is 347 g/mol. The first kappa shape index (κ1) is 14.7. The average molecular weight is 347 g/mol. The van der Waals surface area contributed by atoms with Gasteiger partial charge in [-0.2, -0.15) is 0 Å². The summed E-state index contributed by atoms with van der Waals surface area (Å²) in [6.07, 6.45) is 0.687. The molecule has 3 heterocycles. The number of aromatic amines is 1. The van der Waals surface area contributed by atoms with Crippen molar-refractivity contribution in [2.75, 3.05) is 7.05 Å². The number of hydrogen-bond donors (Lipinski definition) is 1. The molecule has 2 aliphatic heterocycles. The number of likely N-dealkylation sites (N-methyl/N-ethyl adjacent to an activating group) is 1. The lowest BCUT2D eigenvalue weighted by Crippen LogP contribution is -2.43. The van der Waals surface area contributed by atoms with Crippen LogP contribution in [0.4, 0.5) is 0 Å².